The van der Waals surface area contributed by atoms with Gasteiger partial charge in [0.15, 0.2) is 0 Å². The van der Waals surface area contributed by atoms with Crippen LogP contribution in [0.5, 0.6) is 0 Å². The van der Waals surface area contributed by atoms with E-state index in [2.05, 4.69) is 0 Å². The Morgan fingerprint density at radius 2 is 1.04 bits per heavy atom. The minimum Gasteiger partial charge on any atom is -0.268 e. The van der Waals surface area contributed by atoms with E-state index in [1.807, 2.05) is 56.4 Å². The standard InChI is InChI=1S/C20H20N2O2S2/c23-19-15-9-3-5-11-17(15)25-21(19)13-7-1-2-8-14-22-20(24)16-10-4-6-12-18(16)26-22/h3-6,9-12H,1-2,7-8,13-14H2. The molecule has 0 radical (unpaired) electrons. The Labute approximate surface area is 159 Å². The first kappa shape index (κ1) is 17.2. The zero-order chi connectivity index (χ0) is 17.9. The van der Waals surface area contributed by atoms with E-state index >= 15 is 0 Å². The Morgan fingerprint density at radius 3 is 1.46 bits per heavy atom. The minimum atomic E-state index is 0.127. The van der Waals surface area contributed by atoms with Crippen LogP contribution in [0.25, 0.3) is 20.2 Å². The quantitative estimate of drug-likeness (QED) is 0.434. The molecule has 4 nitrogen and oxygen atoms in total. The summed E-state index contributed by atoms with van der Waals surface area (Å²) in [6.07, 6.45) is 4.13. The first-order valence-electron chi connectivity index (χ1n) is 8.92. The van der Waals surface area contributed by atoms with Gasteiger partial charge < -0.3 is 0 Å². The first-order chi connectivity index (χ1) is 12.7. The summed E-state index contributed by atoms with van der Waals surface area (Å²) in [5.41, 5.74) is 0.254. The third-order valence-electron chi connectivity index (χ3n) is 4.58. The Bertz CT molecular complexity index is 1060. The van der Waals surface area contributed by atoms with Gasteiger partial charge in [0.05, 0.1) is 20.2 Å². The van der Waals surface area contributed by atoms with Crippen LogP contribution in [0.2, 0.25) is 0 Å². The maximum absolute atomic E-state index is 12.3. The topological polar surface area (TPSA) is 44.0 Å². The molecule has 0 saturated carbocycles. The van der Waals surface area contributed by atoms with Crippen LogP contribution in [-0.4, -0.2) is 7.91 Å². The highest BCUT2D eigenvalue weighted by molar-refractivity contribution is 7.14. The zero-order valence-corrected chi connectivity index (χ0v) is 16.0. The van der Waals surface area contributed by atoms with Crippen LogP contribution in [0.4, 0.5) is 0 Å². The van der Waals surface area contributed by atoms with E-state index in [0.29, 0.717) is 0 Å². The molecule has 2 aromatic carbocycles. The largest absolute Gasteiger partial charge is 0.268 e. The molecule has 0 aliphatic heterocycles. The number of fused-ring (bicyclic) bond motifs is 2. The molecular formula is C20H20N2O2S2. The average Bonchev–Trinajstić information content (AvgIpc) is 3.16. The molecule has 0 N–H and O–H groups in total. The molecule has 4 aromatic rings. The number of aryl methyl sites for hydroxylation is 2. The van der Waals surface area contributed by atoms with E-state index in [0.717, 1.165) is 58.9 Å². The molecule has 0 bridgehead atoms. The Morgan fingerprint density at radius 1 is 0.615 bits per heavy atom. The summed E-state index contributed by atoms with van der Waals surface area (Å²) in [5.74, 6) is 0. The van der Waals surface area contributed by atoms with Gasteiger partial charge >= 0.3 is 0 Å². The second-order valence-corrected chi connectivity index (χ2v) is 8.53. The molecule has 4 rings (SSSR count). The summed E-state index contributed by atoms with van der Waals surface area (Å²) in [5, 5.41) is 1.64. The van der Waals surface area contributed by atoms with Crippen LogP contribution < -0.4 is 11.1 Å². The van der Waals surface area contributed by atoms with Crippen LogP contribution in [0.1, 0.15) is 25.7 Å². The summed E-state index contributed by atoms with van der Waals surface area (Å²) in [6.45, 7) is 1.56. The fraction of sp³-hybridized carbons (Fsp3) is 0.300. The molecule has 0 fully saturated rings. The predicted octanol–water partition coefficient (Wildman–Crippen LogP) is 4.70. The van der Waals surface area contributed by atoms with Crippen LogP contribution >= 0.6 is 23.1 Å². The van der Waals surface area contributed by atoms with Gasteiger partial charge in [0.1, 0.15) is 0 Å². The summed E-state index contributed by atoms with van der Waals surface area (Å²) in [7, 11) is 0. The van der Waals surface area contributed by atoms with Crippen molar-refractivity contribution in [3.8, 4) is 0 Å². The van der Waals surface area contributed by atoms with Crippen molar-refractivity contribution in [1.29, 1.82) is 0 Å². The zero-order valence-electron chi connectivity index (χ0n) is 14.4. The monoisotopic (exact) mass is 384 g/mol. The molecule has 0 aliphatic carbocycles. The van der Waals surface area contributed by atoms with Gasteiger partial charge in [-0.15, -0.1) is 0 Å². The minimum absolute atomic E-state index is 0.127. The lowest BCUT2D eigenvalue weighted by Gasteiger charge is -2.02. The molecule has 134 valence electrons. The van der Waals surface area contributed by atoms with E-state index in [1.165, 1.54) is 0 Å². The molecule has 0 unspecified atom stereocenters. The third-order valence-corrected chi connectivity index (χ3v) is 6.82. The lowest BCUT2D eigenvalue weighted by molar-refractivity contribution is 0.557. The van der Waals surface area contributed by atoms with Crippen molar-refractivity contribution in [2.75, 3.05) is 0 Å². The van der Waals surface area contributed by atoms with Gasteiger partial charge in [0.25, 0.3) is 11.1 Å². The maximum Gasteiger partial charge on any atom is 0.268 e. The average molecular weight is 385 g/mol. The number of aromatic nitrogens is 2. The van der Waals surface area contributed by atoms with Crippen molar-refractivity contribution in [3.63, 3.8) is 0 Å². The van der Waals surface area contributed by atoms with Crippen molar-refractivity contribution in [2.45, 2.75) is 38.8 Å². The molecule has 0 amide bonds. The smallest absolute Gasteiger partial charge is 0.268 e. The fourth-order valence-corrected chi connectivity index (χ4v) is 5.26. The van der Waals surface area contributed by atoms with E-state index in [4.69, 9.17) is 0 Å². The first-order valence-corrected chi connectivity index (χ1v) is 10.5. The lowest BCUT2D eigenvalue weighted by atomic mass is 10.2. The van der Waals surface area contributed by atoms with Crippen molar-refractivity contribution in [1.82, 2.24) is 7.91 Å². The van der Waals surface area contributed by atoms with Crippen molar-refractivity contribution in [3.05, 3.63) is 69.2 Å². The Balaban J connectivity index is 1.27. The van der Waals surface area contributed by atoms with Gasteiger partial charge in [-0.2, -0.15) is 0 Å². The maximum atomic E-state index is 12.3. The highest BCUT2D eigenvalue weighted by Crippen LogP contribution is 2.18. The van der Waals surface area contributed by atoms with E-state index in [9.17, 15) is 9.59 Å². The molecule has 26 heavy (non-hydrogen) atoms. The Kier molecular flexibility index (Phi) is 5.04. The predicted molar refractivity (Wildman–Crippen MR) is 111 cm³/mol. The van der Waals surface area contributed by atoms with Crippen LogP contribution in [-0.2, 0) is 13.1 Å². The third kappa shape index (κ3) is 3.39. The Hall–Kier alpha value is -2.18. The highest BCUT2D eigenvalue weighted by atomic mass is 32.1. The molecule has 6 heteroatoms. The van der Waals surface area contributed by atoms with Gasteiger partial charge in [-0.05, 0) is 37.1 Å². The molecule has 2 aromatic heterocycles. The number of rotatable bonds is 7. The van der Waals surface area contributed by atoms with Crippen molar-refractivity contribution >= 4 is 43.2 Å². The summed E-state index contributed by atoms with van der Waals surface area (Å²) in [4.78, 5) is 24.6. The molecule has 0 atom stereocenters. The van der Waals surface area contributed by atoms with Gasteiger partial charge in [0.2, 0.25) is 0 Å². The molecule has 2 heterocycles. The lowest BCUT2D eigenvalue weighted by Crippen LogP contribution is -2.13. The number of benzene rings is 2. The van der Waals surface area contributed by atoms with Crippen LogP contribution in [0, 0.1) is 0 Å². The fourth-order valence-electron chi connectivity index (χ4n) is 3.19. The SMILES string of the molecule is O=c1c2ccccc2sn1CCCCCCn1sc2ccccc2c1=O. The summed E-state index contributed by atoms with van der Waals surface area (Å²) < 4.78 is 5.84. The van der Waals surface area contributed by atoms with Crippen molar-refractivity contribution in [2.24, 2.45) is 0 Å². The van der Waals surface area contributed by atoms with Crippen LogP contribution in [0.15, 0.2) is 58.1 Å². The normalized spacial score (nSPS) is 11.5. The van der Waals surface area contributed by atoms with Gasteiger partial charge in [-0.1, -0.05) is 60.2 Å². The number of unbranched alkanes of at least 4 members (excludes halogenated alkanes) is 3. The number of nitrogens with zero attached hydrogens (tertiary/aromatic N) is 2. The molecule has 0 spiro atoms. The van der Waals surface area contributed by atoms with Gasteiger partial charge in [0, 0.05) is 13.1 Å². The summed E-state index contributed by atoms with van der Waals surface area (Å²) in [6, 6.07) is 15.6. The summed E-state index contributed by atoms with van der Waals surface area (Å²) >= 11 is 3.10. The van der Waals surface area contributed by atoms with Crippen LogP contribution in [0.3, 0.4) is 0 Å². The second kappa shape index (κ2) is 7.60. The highest BCUT2D eigenvalue weighted by Gasteiger charge is 2.07. The van der Waals surface area contributed by atoms with Gasteiger partial charge in [-0.3, -0.25) is 17.5 Å². The van der Waals surface area contributed by atoms with E-state index in [1.54, 1.807) is 23.1 Å². The molecule has 0 saturated heterocycles. The number of hydrogen-bond acceptors (Lipinski definition) is 4. The second-order valence-electron chi connectivity index (χ2n) is 6.40. The van der Waals surface area contributed by atoms with E-state index in [-0.39, 0.29) is 11.1 Å². The van der Waals surface area contributed by atoms with Crippen molar-refractivity contribution < 1.29 is 0 Å². The molecular weight excluding hydrogens is 364 g/mol. The van der Waals surface area contributed by atoms with Gasteiger partial charge in [-0.25, -0.2) is 0 Å². The number of hydrogen-bond donors (Lipinski definition) is 0. The molecule has 0 aliphatic rings. The van der Waals surface area contributed by atoms with E-state index < -0.39 is 0 Å².